The summed E-state index contributed by atoms with van der Waals surface area (Å²) >= 11 is 0. The predicted molar refractivity (Wildman–Crippen MR) is 76.5 cm³/mol. The molecule has 0 bridgehead atoms. The fourth-order valence-corrected chi connectivity index (χ4v) is 3.20. The van der Waals surface area contributed by atoms with Crippen molar-refractivity contribution in [1.29, 1.82) is 0 Å². The standard InChI is InChI=1S/C12H21N5O2S/c13-12-14-9-11(10-15-12)20(18,19)16-5-4-8-17-6-2-1-3-7-17/h9-10,16H,1-8H2,(H2,13,14,15). The van der Waals surface area contributed by atoms with Crippen molar-refractivity contribution in [2.24, 2.45) is 0 Å². The zero-order chi connectivity index (χ0) is 14.4. The van der Waals surface area contributed by atoms with E-state index in [-0.39, 0.29) is 10.8 Å². The number of piperidine rings is 1. The first-order valence-electron chi connectivity index (χ1n) is 6.87. The van der Waals surface area contributed by atoms with Gasteiger partial charge in [-0.05, 0) is 38.9 Å². The van der Waals surface area contributed by atoms with Crippen LogP contribution in [-0.2, 0) is 10.0 Å². The van der Waals surface area contributed by atoms with Gasteiger partial charge in [0.25, 0.3) is 0 Å². The number of hydrogen-bond donors (Lipinski definition) is 2. The molecule has 0 radical (unpaired) electrons. The van der Waals surface area contributed by atoms with Crippen LogP contribution in [-0.4, -0.2) is 49.5 Å². The number of aromatic nitrogens is 2. The molecule has 0 unspecified atom stereocenters. The molecule has 1 aliphatic heterocycles. The molecule has 0 saturated carbocycles. The summed E-state index contributed by atoms with van der Waals surface area (Å²) in [6, 6.07) is 0. The maximum atomic E-state index is 11.9. The first-order chi connectivity index (χ1) is 9.58. The molecule has 0 aliphatic carbocycles. The summed E-state index contributed by atoms with van der Waals surface area (Å²) in [4.78, 5) is 9.80. The molecule has 8 heteroatoms. The second kappa shape index (κ2) is 6.96. The van der Waals surface area contributed by atoms with Gasteiger partial charge in [-0.3, -0.25) is 0 Å². The number of hydrogen-bond acceptors (Lipinski definition) is 6. The minimum absolute atomic E-state index is 0.0460. The zero-order valence-corrected chi connectivity index (χ0v) is 12.3. The van der Waals surface area contributed by atoms with E-state index in [1.54, 1.807) is 0 Å². The van der Waals surface area contributed by atoms with Gasteiger partial charge in [-0.1, -0.05) is 6.42 Å². The summed E-state index contributed by atoms with van der Waals surface area (Å²) in [5.74, 6) is 0.0639. The second-order valence-electron chi connectivity index (χ2n) is 4.93. The number of nitrogens with zero attached hydrogens (tertiary/aromatic N) is 3. The third-order valence-electron chi connectivity index (χ3n) is 3.35. The molecule has 112 valence electrons. The topological polar surface area (TPSA) is 101 Å². The number of nitrogens with two attached hydrogens (primary N) is 1. The summed E-state index contributed by atoms with van der Waals surface area (Å²) < 4.78 is 26.5. The Bertz CT molecular complexity index is 511. The zero-order valence-electron chi connectivity index (χ0n) is 11.5. The van der Waals surface area contributed by atoms with E-state index >= 15 is 0 Å². The minimum Gasteiger partial charge on any atom is -0.368 e. The molecule has 1 aromatic heterocycles. The van der Waals surface area contributed by atoms with Gasteiger partial charge >= 0.3 is 0 Å². The van der Waals surface area contributed by atoms with E-state index in [1.165, 1.54) is 31.7 Å². The molecule has 0 spiro atoms. The van der Waals surface area contributed by atoms with E-state index in [4.69, 9.17) is 5.73 Å². The Morgan fingerprint density at radius 3 is 2.50 bits per heavy atom. The summed E-state index contributed by atoms with van der Waals surface area (Å²) in [6.45, 7) is 3.60. The van der Waals surface area contributed by atoms with Crippen LogP contribution in [0.4, 0.5) is 5.95 Å². The van der Waals surface area contributed by atoms with Gasteiger partial charge in [0.15, 0.2) is 0 Å². The van der Waals surface area contributed by atoms with Crippen molar-refractivity contribution in [3.63, 3.8) is 0 Å². The highest BCUT2D eigenvalue weighted by molar-refractivity contribution is 7.89. The highest BCUT2D eigenvalue weighted by Crippen LogP contribution is 2.09. The Labute approximate surface area is 119 Å². The molecule has 3 N–H and O–H groups in total. The lowest BCUT2D eigenvalue weighted by Crippen LogP contribution is -2.33. The van der Waals surface area contributed by atoms with Crippen molar-refractivity contribution in [2.75, 3.05) is 31.9 Å². The van der Waals surface area contributed by atoms with E-state index in [0.29, 0.717) is 6.54 Å². The number of sulfonamides is 1. The molecule has 1 aromatic rings. The molecule has 1 saturated heterocycles. The molecule has 0 aromatic carbocycles. The van der Waals surface area contributed by atoms with Gasteiger partial charge in [-0.25, -0.2) is 23.1 Å². The first kappa shape index (κ1) is 15.1. The van der Waals surface area contributed by atoms with Crippen LogP contribution in [0.2, 0.25) is 0 Å². The fraction of sp³-hybridized carbons (Fsp3) is 0.667. The molecule has 2 heterocycles. The lowest BCUT2D eigenvalue weighted by molar-refractivity contribution is 0.227. The van der Waals surface area contributed by atoms with Crippen LogP contribution in [0.1, 0.15) is 25.7 Å². The molecule has 1 aliphatic rings. The SMILES string of the molecule is Nc1ncc(S(=O)(=O)NCCCN2CCCCC2)cn1. The van der Waals surface area contributed by atoms with Crippen molar-refractivity contribution < 1.29 is 8.42 Å². The van der Waals surface area contributed by atoms with Crippen molar-refractivity contribution in [3.05, 3.63) is 12.4 Å². The largest absolute Gasteiger partial charge is 0.368 e. The molecule has 20 heavy (non-hydrogen) atoms. The minimum atomic E-state index is -3.53. The van der Waals surface area contributed by atoms with Crippen LogP contribution in [0.5, 0.6) is 0 Å². The summed E-state index contributed by atoms with van der Waals surface area (Å²) in [6.07, 6.45) is 7.03. The third-order valence-corrected chi connectivity index (χ3v) is 4.77. The smallest absolute Gasteiger partial charge is 0.243 e. The second-order valence-corrected chi connectivity index (χ2v) is 6.70. The normalized spacial score (nSPS) is 17.2. The lowest BCUT2D eigenvalue weighted by Gasteiger charge is -2.26. The van der Waals surface area contributed by atoms with Crippen molar-refractivity contribution in [2.45, 2.75) is 30.6 Å². The Hall–Kier alpha value is -1.25. The van der Waals surface area contributed by atoms with E-state index in [1.807, 2.05) is 0 Å². The van der Waals surface area contributed by atoms with Gasteiger partial charge in [0.1, 0.15) is 4.90 Å². The lowest BCUT2D eigenvalue weighted by atomic mass is 10.1. The van der Waals surface area contributed by atoms with E-state index in [2.05, 4.69) is 19.6 Å². The van der Waals surface area contributed by atoms with Crippen molar-refractivity contribution in [3.8, 4) is 0 Å². The number of nitrogens with one attached hydrogen (secondary N) is 1. The maximum absolute atomic E-state index is 11.9. The quantitative estimate of drug-likeness (QED) is 0.728. The summed E-state index contributed by atoms with van der Waals surface area (Å²) in [5.41, 5.74) is 5.33. The van der Waals surface area contributed by atoms with Gasteiger partial charge < -0.3 is 10.6 Å². The van der Waals surface area contributed by atoms with Crippen LogP contribution < -0.4 is 10.5 Å². The van der Waals surface area contributed by atoms with E-state index in [0.717, 1.165) is 26.1 Å². The van der Waals surface area contributed by atoms with Gasteiger partial charge in [0.2, 0.25) is 16.0 Å². The van der Waals surface area contributed by atoms with Gasteiger partial charge in [-0.15, -0.1) is 0 Å². The highest BCUT2D eigenvalue weighted by Gasteiger charge is 2.15. The Kier molecular flexibility index (Phi) is 5.27. The predicted octanol–water partition coefficient (Wildman–Crippen LogP) is 0.213. The summed E-state index contributed by atoms with van der Waals surface area (Å²) in [5, 5.41) is 0. The van der Waals surface area contributed by atoms with Crippen LogP contribution in [0.25, 0.3) is 0 Å². The number of likely N-dealkylation sites (tertiary alicyclic amines) is 1. The molecule has 2 rings (SSSR count). The summed E-state index contributed by atoms with van der Waals surface area (Å²) in [7, 11) is -3.53. The first-order valence-corrected chi connectivity index (χ1v) is 8.36. The van der Waals surface area contributed by atoms with E-state index < -0.39 is 10.0 Å². The maximum Gasteiger partial charge on any atom is 0.243 e. The average molecular weight is 299 g/mol. The molecule has 0 atom stereocenters. The number of rotatable bonds is 6. The van der Waals surface area contributed by atoms with Gasteiger partial charge in [0, 0.05) is 6.54 Å². The average Bonchev–Trinajstić information content (AvgIpc) is 2.45. The van der Waals surface area contributed by atoms with Crippen molar-refractivity contribution >= 4 is 16.0 Å². The molecule has 0 amide bonds. The monoisotopic (exact) mass is 299 g/mol. The highest BCUT2D eigenvalue weighted by atomic mass is 32.2. The van der Waals surface area contributed by atoms with Gasteiger partial charge in [-0.2, -0.15) is 0 Å². The molecular formula is C12H21N5O2S. The molecule has 7 nitrogen and oxygen atoms in total. The Balaban J connectivity index is 1.76. The molecular weight excluding hydrogens is 278 g/mol. The Morgan fingerprint density at radius 2 is 1.85 bits per heavy atom. The van der Waals surface area contributed by atoms with Crippen LogP contribution in [0, 0.1) is 0 Å². The third kappa shape index (κ3) is 4.39. The van der Waals surface area contributed by atoms with E-state index in [9.17, 15) is 8.42 Å². The van der Waals surface area contributed by atoms with Crippen LogP contribution in [0.15, 0.2) is 17.3 Å². The van der Waals surface area contributed by atoms with Crippen molar-refractivity contribution in [1.82, 2.24) is 19.6 Å². The van der Waals surface area contributed by atoms with Crippen LogP contribution in [0.3, 0.4) is 0 Å². The van der Waals surface area contributed by atoms with Gasteiger partial charge in [0.05, 0.1) is 12.4 Å². The fourth-order valence-electron chi connectivity index (χ4n) is 2.24. The Morgan fingerprint density at radius 1 is 1.20 bits per heavy atom. The molecule has 1 fully saturated rings. The number of nitrogen functional groups attached to an aromatic ring is 1. The van der Waals surface area contributed by atoms with Crippen LogP contribution >= 0.6 is 0 Å². The number of anilines is 1.